The highest BCUT2D eigenvalue weighted by Crippen LogP contribution is 2.36. The van der Waals surface area contributed by atoms with E-state index in [9.17, 15) is 14.7 Å². The molecule has 0 spiro atoms. The van der Waals surface area contributed by atoms with E-state index in [1.54, 1.807) is 6.07 Å². The molecule has 0 fully saturated rings. The molecule has 98 valence electrons. The van der Waals surface area contributed by atoms with Crippen molar-refractivity contribution >= 4 is 27.5 Å². The molecule has 0 radical (unpaired) electrons. The molecule has 0 aliphatic rings. The van der Waals surface area contributed by atoms with Gasteiger partial charge in [-0.3, -0.25) is 9.59 Å². The van der Waals surface area contributed by atoms with Crippen LogP contribution in [0.3, 0.4) is 0 Å². The highest BCUT2D eigenvalue weighted by Gasteiger charge is 2.25. The number of carbonyl (C=O) groups excluding carboxylic acids is 2. The van der Waals surface area contributed by atoms with Crippen molar-refractivity contribution in [3.63, 3.8) is 0 Å². The number of ketones is 2. The summed E-state index contributed by atoms with van der Waals surface area (Å²) < 4.78 is 10.6. The number of ether oxygens (including phenoxy) is 2. The van der Waals surface area contributed by atoms with Gasteiger partial charge in [-0.15, -0.1) is 0 Å². The van der Waals surface area contributed by atoms with Gasteiger partial charge in [0, 0.05) is 17.0 Å². The van der Waals surface area contributed by atoms with Crippen molar-refractivity contribution < 1.29 is 24.2 Å². The number of halogens is 1. The van der Waals surface area contributed by atoms with E-state index in [1.807, 2.05) is 0 Å². The minimum atomic E-state index is -1.52. The summed E-state index contributed by atoms with van der Waals surface area (Å²) in [4.78, 5) is 22.4. The lowest BCUT2D eigenvalue weighted by atomic mass is 10.0. The van der Waals surface area contributed by atoms with E-state index in [1.165, 1.54) is 20.3 Å². The second kappa shape index (κ2) is 5.97. The smallest absolute Gasteiger partial charge is 0.231 e. The van der Waals surface area contributed by atoms with Crippen molar-refractivity contribution in [2.45, 2.75) is 13.0 Å². The molecular weight excluding hydrogens is 304 g/mol. The van der Waals surface area contributed by atoms with Gasteiger partial charge >= 0.3 is 0 Å². The number of hydrogen-bond acceptors (Lipinski definition) is 5. The first-order valence-corrected chi connectivity index (χ1v) is 5.86. The molecule has 0 saturated heterocycles. The van der Waals surface area contributed by atoms with Crippen molar-refractivity contribution in [1.29, 1.82) is 0 Å². The van der Waals surface area contributed by atoms with Gasteiger partial charge in [0.15, 0.2) is 17.3 Å². The quantitative estimate of drug-likeness (QED) is 0.836. The van der Waals surface area contributed by atoms with Crippen LogP contribution in [0.4, 0.5) is 0 Å². The average Bonchev–Trinajstić information content (AvgIpc) is 2.36. The lowest BCUT2D eigenvalue weighted by molar-refractivity contribution is -0.140. The van der Waals surface area contributed by atoms with Gasteiger partial charge < -0.3 is 14.6 Å². The SMILES string of the molecule is COc1cc(Br)c(C(O)C(=O)C(C)=O)cc1OC. The molecule has 1 N–H and O–H groups in total. The van der Waals surface area contributed by atoms with Crippen LogP contribution in [0, 0.1) is 0 Å². The Balaban J connectivity index is 3.25. The second-order valence-electron chi connectivity index (χ2n) is 3.55. The molecule has 0 aliphatic carbocycles. The molecule has 0 bridgehead atoms. The Kier molecular flexibility index (Phi) is 4.86. The number of aliphatic hydroxyl groups excluding tert-OH is 1. The van der Waals surface area contributed by atoms with Crippen LogP contribution in [0.2, 0.25) is 0 Å². The molecular formula is C12H13BrO5. The number of hydrogen-bond donors (Lipinski definition) is 1. The summed E-state index contributed by atoms with van der Waals surface area (Å²) in [5, 5.41) is 9.83. The Hall–Kier alpha value is -1.40. The van der Waals surface area contributed by atoms with Gasteiger partial charge in [0.25, 0.3) is 0 Å². The number of carbonyl (C=O) groups is 2. The van der Waals surface area contributed by atoms with Crippen LogP contribution >= 0.6 is 15.9 Å². The largest absolute Gasteiger partial charge is 0.493 e. The molecule has 5 nitrogen and oxygen atoms in total. The van der Waals surface area contributed by atoms with Gasteiger partial charge in [0.1, 0.15) is 6.10 Å². The summed E-state index contributed by atoms with van der Waals surface area (Å²) >= 11 is 3.21. The molecule has 1 aromatic carbocycles. The number of rotatable bonds is 5. The molecule has 0 aliphatic heterocycles. The van der Waals surface area contributed by atoms with E-state index in [4.69, 9.17) is 9.47 Å². The second-order valence-corrected chi connectivity index (χ2v) is 4.41. The van der Waals surface area contributed by atoms with Crippen LogP contribution in [-0.2, 0) is 9.59 Å². The normalized spacial score (nSPS) is 11.8. The molecule has 0 amide bonds. The van der Waals surface area contributed by atoms with E-state index < -0.39 is 17.7 Å². The molecule has 18 heavy (non-hydrogen) atoms. The Morgan fingerprint density at radius 2 is 1.72 bits per heavy atom. The maximum atomic E-state index is 11.5. The van der Waals surface area contributed by atoms with Crippen LogP contribution in [0.15, 0.2) is 16.6 Å². The number of aliphatic hydroxyl groups is 1. The molecule has 1 unspecified atom stereocenters. The zero-order valence-electron chi connectivity index (χ0n) is 10.2. The highest BCUT2D eigenvalue weighted by molar-refractivity contribution is 9.10. The van der Waals surface area contributed by atoms with Crippen molar-refractivity contribution in [2.24, 2.45) is 0 Å². The Bertz CT molecular complexity index is 484. The molecule has 0 saturated carbocycles. The molecule has 1 rings (SSSR count). The first kappa shape index (κ1) is 14.7. The molecule has 0 aromatic heterocycles. The van der Waals surface area contributed by atoms with Crippen molar-refractivity contribution in [3.8, 4) is 11.5 Å². The fraction of sp³-hybridized carbons (Fsp3) is 0.333. The first-order valence-electron chi connectivity index (χ1n) is 5.06. The Morgan fingerprint density at radius 1 is 1.22 bits per heavy atom. The van der Waals surface area contributed by atoms with Gasteiger partial charge in [0.2, 0.25) is 5.78 Å². The third kappa shape index (κ3) is 2.88. The van der Waals surface area contributed by atoms with Crippen molar-refractivity contribution in [1.82, 2.24) is 0 Å². The monoisotopic (exact) mass is 316 g/mol. The minimum absolute atomic E-state index is 0.257. The summed E-state index contributed by atoms with van der Waals surface area (Å²) in [7, 11) is 2.91. The lowest BCUT2D eigenvalue weighted by Crippen LogP contribution is -2.19. The maximum absolute atomic E-state index is 11.5. The van der Waals surface area contributed by atoms with E-state index in [0.717, 1.165) is 6.92 Å². The van der Waals surface area contributed by atoms with E-state index in [0.29, 0.717) is 16.0 Å². The zero-order chi connectivity index (χ0) is 13.9. The summed E-state index contributed by atoms with van der Waals surface area (Å²) in [5.74, 6) is -0.756. The highest BCUT2D eigenvalue weighted by atomic mass is 79.9. The third-order valence-electron chi connectivity index (χ3n) is 2.39. The van der Waals surface area contributed by atoms with Crippen LogP contribution in [0.25, 0.3) is 0 Å². The fourth-order valence-corrected chi connectivity index (χ4v) is 1.95. The fourth-order valence-electron chi connectivity index (χ4n) is 1.41. The summed E-state index contributed by atoms with van der Waals surface area (Å²) in [6, 6.07) is 3.01. The first-order chi connectivity index (χ1) is 8.42. The average molecular weight is 317 g/mol. The van der Waals surface area contributed by atoms with Gasteiger partial charge in [-0.1, -0.05) is 15.9 Å². The lowest BCUT2D eigenvalue weighted by Gasteiger charge is -2.14. The van der Waals surface area contributed by atoms with Crippen molar-refractivity contribution in [2.75, 3.05) is 14.2 Å². The van der Waals surface area contributed by atoms with Gasteiger partial charge in [-0.25, -0.2) is 0 Å². The summed E-state index contributed by atoms with van der Waals surface area (Å²) in [5.41, 5.74) is 0.257. The zero-order valence-corrected chi connectivity index (χ0v) is 11.8. The number of methoxy groups -OCH3 is 2. The summed E-state index contributed by atoms with van der Waals surface area (Å²) in [6.45, 7) is 1.11. The van der Waals surface area contributed by atoms with E-state index >= 15 is 0 Å². The maximum Gasteiger partial charge on any atom is 0.231 e. The van der Waals surface area contributed by atoms with E-state index in [2.05, 4.69) is 15.9 Å². The van der Waals surface area contributed by atoms with Crippen LogP contribution in [-0.4, -0.2) is 30.9 Å². The van der Waals surface area contributed by atoms with E-state index in [-0.39, 0.29) is 5.56 Å². The topological polar surface area (TPSA) is 72.8 Å². The van der Waals surface area contributed by atoms with Crippen molar-refractivity contribution in [3.05, 3.63) is 22.2 Å². The van der Waals surface area contributed by atoms with Gasteiger partial charge in [0.05, 0.1) is 14.2 Å². The van der Waals surface area contributed by atoms with Crippen LogP contribution in [0.1, 0.15) is 18.6 Å². The molecule has 1 atom stereocenters. The van der Waals surface area contributed by atoms with Gasteiger partial charge in [-0.05, 0) is 12.1 Å². The molecule has 6 heteroatoms. The standard InChI is InChI=1S/C12H13BrO5/c1-6(14)11(15)12(16)7-4-9(17-2)10(18-3)5-8(7)13/h4-5,12,16H,1-3H3. The molecule has 0 heterocycles. The van der Waals surface area contributed by atoms with Crippen LogP contribution < -0.4 is 9.47 Å². The Labute approximate surface area is 113 Å². The predicted octanol–water partition coefficient (Wildman–Crippen LogP) is 1.66. The summed E-state index contributed by atoms with van der Waals surface area (Å²) in [6.07, 6.45) is -1.52. The van der Waals surface area contributed by atoms with Crippen LogP contribution in [0.5, 0.6) is 11.5 Å². The molecule has 1 aromatic rings. The third-order valence-corrected chi connectivity index (χ3v) is 3.08. The minimum Gasteiger partial charge on any atom is -0.493 e. The number of benzene rings is 1. The van der Waals surface area contributed by atoms with Gasteiger partial charge in [-0.2, -0.15) is 0 Å². The Morgan fingerprint density at radius 3 is 2.17 bits per heavy atom. The predicted molar refractivity (Wildman–Crippen MR) is 67.9 cm³/mol. The number of Topliss-reactive ketones (excluding diaryl/α,β-unsaturated/α-hetero) is 2.